The molecule has 0 aliphatic heterocycles. The van der Waals surface area contributed by atoms with E-state index in [0.717, 1.165) is 29.1 Å². The van der Waals surface area contributed by atoms with Gasteiger partial charge in [-0.25, -0.2) is 14.6 Å². The van der Waals surface area contributed by atoms with Gasteiger partial charge in [0.1, 0.15) is 12.7 Å². The number of nitrogens with one attached hydrogen (secondary N) is 2. The Morgan fingerprint density at radius 1 is 1.18 bits per heavy atom. The minimum atomic E-state index is -4.55. The third-order valence-electron chi connectivity index (χ3n) is 4.78. The molecule has 0 unspecified atom stereocenters. The molecule has 2 heterocycles. The van der Waals surface area contributed by atoms with Crippen molar-refractivity contribution >= 4 is 23.4 Å². The van der Waals surface area contributed by atoms with E-state index in [0.29, 0.717) is 11.6 Å². The molecule has 170 valence electrons. The molecule has 2 aromatic carbocycles. The van der Waals surface area contributed by atoms with Crippen molar-refractivity contribution in [3.05, 3.63) is 83.7 Å². The zero-order chi connectivity index (χ0) is 23.4. The van der Waals surface area contributed by atoms with Crippen molar-refractivity contribution in [3.63, 3.8) is 0 Å². The van der Waals surface area contributed by atoms with E-state index in [1.165, 1.54) is 35.2 Å². The van der Waals surface area contributed by atoms with Crippen LogP contribution in [0, 0.1) is 6.92 Å². The maximum absolute atomic E-state index is 13.2. The predicted octanol–water partition coefficient (Wildman–Crippen LogP) is 4.64. The number of hydrogen-bond donors (Lipinski definition) is 2. The van der Waals surface area contributed by atoms with Crippen LogP contribution in [0.25, 0.3) is 5.69 Å². The normalized spacial score (nSPS) is 11.5. The number of imidazole rings is 1. The van der Waals surface area contributed by atoms with Gasteiger partial charge in [-0.1, -0.05) is 42.1 Å². The van der Waals surface area contributed by atoms with Crippen LogP contribution in [0.3, 0.4) is 0 Å². The molecule has 0 aliphatic carbocycles. The van der Waals surface area contributed by atoms with Gasteiger partial charge in [0, 0.05) is 12.1 Å². The van der Waals surface area contributed by atoms with E-state index < -0.39 is 17.6 Å². The van der Waals surface area contributed by atoms with Crippen LogP contribution in [-0.2, 0) is 17.4 Å². The molecule has 2 N–H and O–H groups in total. The first-order valence-electron chi connectivity index (χ1n) is 9.88. The highest BCUT2D eigenvalue weighted by atomic mass is 32.2. The number of anilines is 1. The molecule has 33 heavy (non-hydrogen) atoms. The van der Waals surface area contributed by atoms with Gasteiger partial charge >= 0.3 is 6.18 Å². The molecule has 0 atom stereocenters. The number of thioether (sulfide) groups is 1. The summed E-state index contributed by atoms with van der Waals surface area (Å²) < 4.78 is 40.8. The Labute approximate surface area is 191 Å². The molecule has 0 bridgehead atoms. The van der Waals surface area contributed by atoms with Crippen molar-refractivity contribution in [2.75, 3.05) is 11.1 Å². The second-order valence-electron chi connectivity index (χ2n) is 7.18. The number of rotatable bonds is 7. The third kappa shape index (κ3) is 5.61. The highest BCUT2D eigenvalue weighted by Gasteiger charge is 2.31. The number of nitrogens with zero attached hydrogens (tertiary/aromatic N) is 4. The minimum absolute atomic E-state index is 0.0127. The summed E-state index contributed by atoms with van der Waals surface area (Å²) >= 11 is 1.17. The maximum Gasteiger partial charge on any atom is 0.416 e. The van der Waals surface area contributed by atoms with E-state index in [4.69, 9.17) is 0 Å². The molecule has 0 saturated carbocycles. The highest BCUT2D eigenvalue weighted by molar-refractivity contribution is 7.99. The van der Waals surface area contributed by atoms with Gasteiger partial charge in [0.15, 0.2) is 5.16 Å². The van der Waals surface area contributed by atoms with Gasteiger partial charge in [-0.2, -0.15) is 18.3 Å². The van der Waals surface area contributed by atoms with E-state index in [-0.39, 0.29) is 17.1 Å². The van der Waals surface area contributed by atoms with Gasteiger partial charge in [-0.05, 0) is 30.7 Å². The number of carbonyl (C=O) groups is 1. The summed E-state index contributed by atoms with van der Waals surface area (Å²) in [5.74, 6) is -0.510. The van der Waals surface area contributed by atoms with E-state index in [1.54, 1.807) is 0 Å². The van der Waals surface area contributed by atoms with Gasteiger partial charge in [0.25, 0.3) is 0 Å². The maximum atomic E-state index is 13.2. The fourth-order valence-electron chi connectivity index (χ4n) is 3.16. The van der Waals surface area contributed by atoms with Crippen molar-refractivity contribution in [2.24, 2.45) is 0 Å². The fraction of sp³-hybridized carbons (Fsp3) is 0.182. The smallest absolute Gasteiger partial charge is 0.337 e. The van der Waals surface area contributed by atoms with E-state index in [2.05, 4.69) is 25.4 Å². The molecule has 1 amide bonds. The van der Waals surface area contributed by atoms with Crippen LogP contribution in [0.2, 0.25) is 0 Å². The van der Waals surface area contributed by atoms with E-state index in [1.807, 2.05) is 37.3 Å². The largest absolute Gasteiger partial charge is 0.416 e. The number of carbonyl (C=O) groups excluding carboxylic acids is 1. The Hall–Kier alpha value is -3.60. The van der Waals surface area contributed by atoms with Gasteiger partial charge in [-0.3, -0.25) is 4.79 Å². The second-order valence-corrected chi connectivity index (χ2v) is 8.15. The summed E-state index contributed by atoms with van der Waals surface area (Å²) in [6.07, 6.45) is -1.30. The Morgan fingerprint density at radius 2 is 1.97 bits per heavy atom. The Bertz CT molecular complexity index is 1240. The lowest BCUT2D eigenvalue weighted by Gasteiger charge is -2.14. The highest BCUT2D eigenvalue weighted by Crippen LogP contribution is 2.33. The van der Waals surface area contributed by atoms with Gasteiger partial charge in [0.2, 0.25) is 5.91 Å². The van der Waals surface area contributed by atoms with Crippen LogP contribution >= 0.6 is 11.8 Å². The van der Waals surface area contributed by atoms with E-state index >= 15 is 0 Å². The molecule has 4 rings (SSSR count). The number of hydrogen-bond acceptors (Lipinski definition) is 5. The zero-order valence-electron chi connectivity index (χ0n) is 17.4. The summed E-state index contributed by atoms with van der Waals surface area (Å²) in [5, 5.41) is 7.06. The molecule has 0 aliphatic rings. The summed E-state index contributed by atoms with van der Waals surface area (Å²) in [4.78, 5) is 24.1. The number of aromatic amines is 1. The van der Waals surface area contributed by atoms with Gasteiger partial charge in [0.05, 0.1) is 28.4 Å². The molecule has 4 aromatic rings. The molecule has 11 heteroatoms. The first kappa shape index (κ1) is 22.6. The lowest BCUT2D eigenvalue weighted by atomic mass is 10.1. The summed E-state index contributed by atoms with van der Waals surface area (Å²) in [5.41, 5.74) is 2.27. The number of amides is 1. The minimum Gasteiger partial charge on any atom is -0.337 e. The van der Waals surface area contributed by atoms with Crippen LogP contribution in [0.15, 0.2) is 66.3 Å². The number of H-pyrrole nitrogens is 1. The first-order valence-corrected chi connectivity index (χ1v) is 10.9. The molecule has 0 spiro atoms. The van der Waals surface area contributed by atoms with Crippen LogP contribution in [0.5, 0.6) is 0 Å². The zero-order valence-corrected chi connectivity index (χ0v) is 18.2. The topological polar surface area (TPSA) is 88.5 Å². The van der Waals surface area contributed by atoms with Crippen molar-refractivity contribution in [1.29, 1.82) is 0 Å². The number of benzene rings is 2. The van der Waals surface area contributed by atoms with E-state index in [9.17, 15) is 18.0 Å². The van der Waals surface area contributed by atoms with Crippen molar-refractivity contribution in [1.82, 2.24) is 24.7 Å². The van der Waals surface area contributed by atoms with Gasteiger partial charge < -0.3 is 10.3 Å². The molecule has 7 nitrogen and oxygen atoms in total. The number of halogens is 3. The van der Waals surface area contributed by atoms with Crippen molar-refractivity contribution < 1.29 is 18.0 Å². The Morgan fingerprint density at radius 3 is 2.67 bits per heavy atom. The van der Waals surface area contributed by atoms with Crippen molar-refractivity contribution in [2.45, 2.75) is 24.7 Å². The van der Waals surface area contributed by atoms with Crippen LogP contribution in [0.1, 0.15) is 22.5 Å². The monoisotopic (exact) mass is 472 g/mol. The number of alkyl halides is 3. The SMILES string of the molecule is Cc1[nH]c(SCC(=O)Nc2cc(C(F)(F)F)ccc2-n2cncn2)nc1Cc1ccccc1. The third-order valence-corrected chi connectivity index (χ3v) is 5.66. The van der Waals surface area contributed by atoms with Crippen LogP contribution < -0.4 is 5.32 Å². The molecular formula is C22H19F3N6OS. The molecule has 0 saturated heterocycles. The average molecular weight is 472 g/mol. The number of aryl methyl sites for hydroxylation is 1. The molecule has 0 fully saturated rings. The second kappa shape index (κ2) is 9.49. The lowest BCUT2D eigenvalue weighted by Crippen LogP contribution is -2.17. The Balaban J connectivity index is 1.45. The molecule has 2 aromatic heterocycles. The first-order chi connectivity index (χ1) is 15.8. The molecular weight excluding hydrogens is 453 g/mol. The number of aromatic nitrogens is 5. The van der Waals surface area contributed by atoms with Gasteiger partial charge in [-0.15, -0.1) is 0 Å². The van der Waals surface area contributed by atoms with Crippen LogP contribution in [-0.4, -0.2) is 36.4 Å². The van der Waals surface area contributed by atoms with Crippen LogP contribution in [0.4, 0.5) is 18.9 Å². The quantitative estimate of drug-likeness (QED) is 0.383. The average Bonchev–Trinajstić information content (AvgIpc) is 3.43. The molecule has 0 radical (unpaired) electrons. The summed E-state index contributed by atoms with van der Waals surface area (Å²) in [6.45, 7) is 1.91. The predicted molar refractivity (Wildman–Crippen MR) is 118 cm³/mol. The lowest BCUT2D eigenvalue weighted by molar-refractivity contribution is -0.137. The Kier molecular flexibility index (Phi) is 6.50. The van der Waals surface area contributed by atoms with Crippen molar-refractivity contribution in [3.8, 4) is 5.69 Å². The standard InChI is InChI=1S/C22H19F3N6OS/c1-14-17(9-15-5-3-2-4-6-15)30-21(28-14)33-11-20(32)29-18-10-16(22(23,24)25)7-8-19(18)31-13-26-12-27-31/h2-8,10,12-13H,9,11H2,1H3,(H,28,30)(H,29,32). The summed E-state index contributed by atoms with van der Waals surface area (Å²) in [7, 11) is 0. The fourth-order valence-corrected chi connectivity index (χ4v) is 3.90. The summed E-state index contributed by atoms with van der Waals surface area (Å²) in [6, 6.07) is 12.9.